The molecule has 4 nitrogen and oxygen atoms in total. The Hall–Kier alpha value is -1.82. The average Bonchev–Trinajstić information content (AvgIpc) is 2.80. The first-order valence-electron chi connectivity index (χ1n) is 4.54. The fourth-order valence-electron chi connectivity index (χ4n) is 1.11. The van der Waals surface area contributed by atoms with Gasteiger partial charge in [0.15, 0.2) is 0 Å². The van der Waals surface area contributed by atoms with Crippen LogP contribution in [0.2, 0.25) is 0 Å². The molecule has 0 aliphatic rings. The molecule has 0 fully saturated rings. The third-order valence-electron chi connectivity index (χ3n) is 1.87. The number of thiazole rings is 1. The zero-order valence-corrected chi connectivity index (χ0v) is 9.00. The second-order valence-electron chi connectivity index (χ2n) is 2.98. The second kappa shape index (κ2) is 4.80. The molecule has 0 bridgehead atoms. The zero-order valence-electron chi connectivity index (χ0n) is 8.18. The van der Waals surface area contributed by atoms with Crippen molar-refractivity contribution in [2.24, 2.45) is 0 Å². The Morgan fingerprint density at radius 1 is 1.44 bits per heavy atom. The number of rotatable bonds is 3. The maximum atomic E-state index is 12.5. The summed E-state index contributed by atoms with van der Waals surface area (Å²) in [6.45, 7) is 0.369. The minimum Gasteiger partial charge on any atom is -0.345 e. The third-order valence-corrected chi connectivity index (χ3v) is 2.65. The molecule has 0 aliphatic carbocycles. The van der Waals surface area contributed by atoms with Crippen molar-refractivity contribution in [1.29, 1.82) is 0 Å². The Balaban J connectivity index is 1.95. The molecule has 2 rings (SSSR count). The molecule has 2 aromatic rings. The van der Waals surface area contributed by atoms with E-state index in [0.717, 1.165) is 11.1 Å². The fraction of sp³-hybridized carbons (Fsp3) is 0.100. The second-order valence-corrected chi connectivity index (χ2v) is 3.96. The molecular weight excluding hydrogens is 229 g/mol. The van der Waals surface area contributed by atoms with E-state index in [4.69, 9.17) is 0 Å². The van der Waals surface area contributed by atoms with E-state index in [2.05, 4.69) is 15.3 Å². The lowest BCUT2D eigenvalue weighted by molar-refractivity contribution is 0.0950. The topological polar surface area (TPSA) is 54.9 Å². The van der Waals surface area contributed by atoms with Crippen LogP contribution in [0, 0.1) is 5.95 Å². The van der Waals surface area contributed by atoms with Gasteiger partial charge in [-0.1, -0.05) is 0 Å². The summed E-state index contributed by atoms with van der Waals surface area (Å²) in [5, 5.41) is 5.32. The van der Waals surface area contributed by atoms with Crippen molar-refractivity contribution in [2.75, 3.05) is 0 Å². The zero-order chi connectivity index (χ0) is 11.4. The van der Waals surface area contributed by atoms with Gasteiger partial charge in [-0.2, -0.15) is 4.39 Å². The van der Waals surface area contributed by atoms with E-state index in [0.29, 0.717) is 12.1 Å². The van der Waals surface area contributed by atoms with Crippen LogP contribution in [0.15, 0.2) is 29.9 Å². The maximum absolute atomic E-state index is 12.5. The fourth-order valence-corrected chi connectivity index (χ4v) is 1.66. The largest absolute Gasteiger partial charge is 0.345 e. The van der Waals surface area contributed by atoms with E-state index in [9.17, 15) is 9.18 Å². The molecule has 0 aromatic carbocycles. The lowest BCUT2D eigenvalue weighted by Gasteiger charge is -2.02. The van der Waals surface area contributed by atoms with Gasteiger partial charge in [-0.15, -0.1) is 11.3 Å². The van der Waals surface area contributed by atoms with E-state index in [1.54, 1.807) is 6.20 Å². The first-order chi connectivity index (χ1) is 7.75. The number of nitrogens with zero attached hydrogens (tertiary/aromatic N) is 2. The summed E-state index contributed by atoms with van der Waals surface area (Å²) >= 11 is 1.46. The van der Waals surface area contributed by atoms with Crippen molar-refractivity contribution in [3.63, 3.8) is 0 Å². The van der Waals surface area contributed by atoms with Crippen molar-refractivity contribution in [1.82, 2.24) is 15.3 Å². The number of hydrogen-bond acceptors (Lipinski definition) is 4. The van der Waals surface area contributed by atoms with Gasteiger partial charge in [0.2, 0.25) is 5.95 Å². The SMILES string of the molecule is O=C(NCc1nccs1)c1ccc(F)nc1. The van der Waals surface area contributed by atoms with E-state index in [1.165, 1.54) is 23.6 Å². The monoisotopic (exact) mass is 237 g/mol. The minimum atomic E-state index is -0.600. The maximum Gasteiger partial charge on any atom is 0.253 e. The highest BCUT2D eigenvalue weighted by Gasteiger charge is 2.06. The minimum absolute atomic E-state index is 0.289. The molecule has 0 saturated heterocycles. The molecule has 6 heteroatoms. The molecule has 16 heavy (non-hydrogen) atoms. The van der Waals surface area contributed by atoms with Gasteiger partial charge in [0.05, 0.1) is 12.1 Å². The van der Waals surface area contributed by atoms with Crippen LogP contribution >= 0.6 is 11.3 Å². The molecule has 0 atom stereocenters. The number of hydrogen-bond donors (Lipinski definition) is 1. The Bertz CT molecular complexity index is 469. The lowest BCUT2D eigenvalue weighted by atomic mass is 10.3. The predicted molar refractivity (Wildman–Crippen MR) is 57.5 cm³/mol. The Morgan fingerprint density at radius 2 is 2.31 bits per heavy atom. The number of carbonyl (C=O) groups is 1. The van der Waals surface area contributed by atoms with Crippen LogP contribution in [0.25, 0.3) is 0 Å². The standard InChI is InChI=1S/C10H8FN3OS/c11-8-2-1-7(5-13-8)10(15)14-6-9-12-3-4-16-9/h1-5H,6H2,(H,14,15). The molecule has 0 spiro atoms. The van der Waals surface area contributed by atoms with Crippen LogP contribution < -0.4 is 5.32 Å². The van der Waals surface area contributed by atoms with Gasteiger partial charge in [0, 0.05) is 17.8 Å². The molecule has 82 valence electrons. The summed E-state index contributed by atoms with van der Waals surface area (Å²) < 4.78 is 12.5. The molecule has 0 saturated carbocycles. The summed E-state index contributed by atoms with van der Waals surface area (Å²) in [6, 6.07) is 2.54. The van der Waals surface area contributed by atoms with Gasteiger partial charge in [0.25, 0.3) is 5.91 Å². The first-order valence-corrected chi connectivity index (χ1v) is 5.42. The van der Waals surface area contributed by atoms with E-state index >= 15 is 0 Å². The lowest BCUT2D eigenvalue weighted by Crippen LogP contribution is -2.22. The number of carbonyl (C=O) groups excluding carboxylic acids is 1. The summed E-state index contributed by atoms with van der Waals surface area (Å²) in [4.78, 5) is 19.0. The number of nitrogens with one attached hydrogen (secondary N) is 1. The van der Waals surface area contributed by atoms with Crippen LogP contribution in [-0.4, -0.2) is 15.9 Å². The van der Waals surface area contributed by atoms with Crippen molar-refractivity contribution in [2.45, 2.75) is 6.54 Å². The van der Waals surface area contributed by atoms with E-state index in [-0.39, 0.29) is 5.91 Å². The number of pyridine rings is 1. The van der Waals surface area contributed by atoms with Crippen molar-refractivity contribution >= 4 is 17.2 Å². The van der Waals surface area contributed by atoms with Gasteiger partial charge in [-0.05, 0) is 12.1 Å². The highest BCUT2D eigenvalue weighted by molar-refractivity contribution is 7.09. The van der Waals surface area contributed by atoms with E-state index < -0.39 is 5.95 Å². The molecule has 1 N–H and O–H groups in total. The normalized spacial score (nSPS) is 10.1. The van der Waals surface area contributed by atoms with Crippen molar-refractivity contribution in [3.8, 4) is 0 Å². The molecular formula is C10H8FN3OS. The van der Waals surface area contributed by atoms with Gasteiger partial charge in [-0.25, -0.2) is 9.97 Å². The molecule has 0 radical (unpaired) electrons. The quantitative estimate of drug-likeness (QED) is 0.825. The average molecular weight is 237 g/mol. The highest BCUT2D eigenvalue weighted by atomic mass is 32.1. The smallest absolute Gasteiger partial charge is 0.253 e. The van der Waals surface area contributed by atoms with Crippen molar-refractivity contribution in [3.05, 3.63) is 46.4 Å². The van der Waals surface area contributed by atoms with Crippen LogP contribution in [0.1, 0.15) is 15.4 Å². The Morgan fingerprint density at radius 3 is 2.94 bits per heavy atom. The molecule has 0 unspecified atom stereocenters. The van der Waals surface area contributed by atoms with Gasteiger partial charge in [0.1, 0.15) is 5.01 Å². The number of halogens is 1. The Labute approximate surface area is 95.2 Å². The number of amides is 1. The molecule has 2 aromatic heterocycles. The van der Waals surface area contributed by atoms with Crippen LogP contribution in [-0.2, 0) is 6.54 Å². The van der Waals surface area contributed by atoms with Gasteiger partial charge >= 0.3 is 0 Å². The Kier molecular flexibility index (Phi) is 3.21. The molecule has 1 amide bonds. The van der Waals surface area contributed by atoms with Crippen molar-refractivity contribution < 1.29 is 9.18 Å². The third kappa shape index (κ3) is 2.60. The predicted octanol–water partition coefficient (Wildman–Crippen LogP) is 1.61. The van der Waals surface area contributed by atoms with Gasteiger partial charge in [-0.3, -0.25) is 4.79 Å². The summed E-state index contributed by atoms with van der Waals surface area (Å²) in [5.41, 5.74) is 0.331. The van der Waals surface area contributed by atoms with Gasteiger partial charge < -0.3 is 5.32 Å². The number of aromatic nitrogens is 2. The molecule has 0 aliphatic heterocycles. The van der Waals surface area contributed by atoms with Crippen LogP contribution in [0.4, 0.5) is 4.39 Å². The van der Waals surface area contributed by atoms with Crippen LogP contribution in [0.5, 0.6) is 0 Å². The van der Waals surface area contributed by atoms with E-state index in [1.807, 2.05) is 5.38 Å². The summed E-state index contributed by atoms with van der Waals surface area (Å²) in [7, 11) is 0. The summed E-state index contributed by atoms with van der Waals surface area (Å²) in [6.07, 6.45) is 2.87. The first kappa shape index (κ1) is 10.7. The molecule has 2 heterocycles. The highest BCUT2D eigenvalue weighted by Crippen LogP contribution is 2.04. The summed E-state index contributed by atoms with van der Waals surface area (Å²) in [5.74, 6) is -0.890. The van der Waals surface area contributed by atoms with Crippen LogP contribution in [0.3, 0.4) is 0 Å².